The summed E-state index contributed by atoms with van der Waals surface area (Å²) in [5.74, 6) is 0.167. The summed E-state index contributed by atoms with van der Waals surface area (Å²) in [6, 6.07) is 3.98. The minimum Gasteiger partial charge on any atom is -0.317 e. The molecule has 1 atom stereocenters. The summed E-state index contributed by atoms with van der Waals surface area (Å²) in [5.41, 5.74) is 0.704. The maximum Gasteiger partial charge on any atom is 0.164 e. The molecule has 1 N–H and O–H groups in total. The predicted octanol–water partition coefficient (Wildman–Crippen LogP) is 2.50. The average Bonchev–Trinajstić information content (AvgIpc) is 2.26. The lowest BCUT2D eigenvalue weighted by Gasteiger charge is -2.08. The fourth-order valence-electron chi connectivity index (χ4n) is 1.16. The fourth-order valence-corrected chi connectivity index (χ4v) is 1.16. The van der Waals surface area contributed by atoms with E-state index in [9.17, 15) is 4.79 Å². The van der Waals surface area contributed by atoms with Crippen LogP contribution in [0.25, 0.3) is 0 Å². The topological polar surface area (TPSA) is 42.0 Å². The van der Waals surface area contributed by atoms with E-state index < -0.39 is 0 Å². The van der Waals surface area contributed by atoms with Gasteiger partial charge in [0.2, 0.25) is 0 Å². The molecule has 0 fully saturated rings. The summed E-state index contributed by atoms with van der Waals surface area (Å²) in [6.45, 7) is 2.07. The van der Waals surface area contributed by atoms with Crippen molar-refractivity contribution >= 4 is 30.6 Å². The molecule has 0 aliphatic carbocycles. The number of rotatable bonds is 5. The Morgan fingerprint density at radius 3 is 2.69 bits per heavy atom. The predicted molar refractivity (Wildman–Crippen MR) is 70.8 cm³/mol. The number of halogens is 2. The van der Waals surface area contributed by atoms with Crippen molar-refractivity contribution in [1.82, 2.24) is 10.3 Å². The van der Waals surface area contributed by atoms with Gasteiger partial charge in [0, 0.05) is 30.4 Å². The van der Waals surface area contributed by atoms with E-state index in [2.05, 4.69) is 17.2 Å². The maximum atomic E-state index is 11.6. The smallest absolute Gasteiger partial charge is 0.164 e. The number of hydrogen-bond acceptors (Lipinski definition) is 3. The Morgan fingerprint density at radius 1 is 1.50 bits per heavy atom. The van der Waals surface area contributed by atoms with Gasteiger partial charge >= 0.3 is 0 Å². The third-order valence-corrected chi connectivity index (χ3v) is 2.28. The van der Waals surface area contributed by atoms with Crippen molar-refractivity contribution < 1.29 is 4.79 Å². The highest BCUT2D eigenvalue weighted by Crippen LogP contribution is 2.05. The zero-order valence-electron chi connectivity index (χ0n) is 9.47. The lowest BCUT2D eigenvalue weighted by Crippen LogP contribution is -2.21. The Kier molecular flexibility index (Phi) is 10.6. The van der Waals surface area contributed by atoms with E-state index in [-0.39, 0.29) is 30.6 Å². The number of pyridine rings is 1. The molecule has 1 aromatic rings. The lowest BCUT2D eigenvalue weighted by atomic mass is 10.1. The van der Waals surface area contributed by atoms with Gasteiger partial charge in [-0.3, -0.25) is 9.78 Å². The molecule has 1 heterocycles. The summed E-state index contributed by atoms with van der Waals surface area (Å²) in [4.78, 5) is 15.5. The van der Waals surface area contributed by atoms with Crippen molar-refractivity contribution in [2.45, 2.75) is 25.8 Å². The molecule has 1 unspecified atom stereocenters. The van der Waals surface area contributed by atoms with Crippen molar-refractivity contribution in [2.75, 3.05) is 7.05 Å². The molecule has 92 valence electrons. The molecular formula is C11H18Cl2N2O. The maximum absolute atomic E-state index is 11.6. The number of aromatic nitrogens is 1. The molecule has 16 heavy (non-hydrogen) atoms. The van der Waals surface area contributed by atoms with E-state index in [4.69, 9.17) is 0 Å². The first-order chi connectivity index (χ1) is 6.74. The van der Waals surface area contributed by atoms with E-state index in [0.29, 0.717) is 18.0 Å². The number of nitrogens with zero attached hydrogens (tertiary/aromatic N) is 1. The molecule has 0 aliphatic heterocycles. The SMILES string of the molecule is CNC(C)CCC(=O)c1cccnc1.Cl.Cl. The molecule has 0 saturated carbocycles. The zero-order valence-corrected chi connectivity index (χ0v) is 11.1. The molecule has 5 heteroatoms. The molecule has 0 amide bonds. The minimum atomic E-state index is 0. The number of nitrogens with one attached hydrogen (secondary N) is 1. The number of carbonyl (C=O) groups is 1. The minimum absolute atomic E-state index is 0. The molecule has 0 saturated heterocycles. The third-order valence-electron chi connectivity index (χ3n) is 2.28. The highest BCUT2D eigenvalue weighted by molar-refractivity contribution is 5.95. The molecule has 0 spiro atoms. The van der Waals surface area contributed by atoms with Gasteiger partial charge in [0.05, 0.1) is 0 Å². The van der Waals surface area contributed by atoms with Gasteiger partial charge in [-0.05, 0) is 32.5 Å². The second-order valence-corrected chi connectivity index (χ2v) is 3.39. The fraction of sp³-hybridized carbons (Fsp3) is 0.455. The van der Waals surface area contributed by atoms with E-state index in [0.717, 1.165) is 6.42 Å². The quantitative estimate of drug-likeness (QED) is 0.832. The largest absolute Gasteiger partial charge is 0.317 e. The van der Waals surface area contributed by atoms with Gasteiger partial charge in [0.15, 0.2) is 5.78 Å². The van der Waals surface area contributed by atoms with Crippen molar-refractivity contribution in [1.29, 1.82) is 0 Å². The first-order valence-electron chi connectivity index (χ1n) is 4.84. The summed E-state index contributed by atoms with van der Waals surface area (Å²) >= 11 is 0. The molecular weight excluding hydrogens is 247 g/mol. The van der Waals surface area contributed by atoms with Crippen molar-refractivity contribution in [2.24, 2.45) is 0 Å². The van der Waals surface area contributed by atoms with Crippen LogP contribution in [0.1, 0.15) is 30.1 Å². The zero-order chi connectivity index (χ0) is 10.4. The molecule has 0 bridgehead atoms. The highest BCUT2D eigenvalue weighted by Gasteiger charge is 2.07. The molecule has 1 rings (SSSR count). The Morgan fingerprint density at radius 2 is 2.19 bits per heavy atom. The van der Waals surface area contributed by atoms with Crippen LogP contribution >= 0.6 is 24.8 Å². The number of hydrogen-bond donors (Lipinski definition) is 1. The van der Waals surface area contributed by atoms with Crippen LogP contribution in [-0.2, 0) is 0 Å². The van der Waals surface area contributed by atoms with Crippen LogP contribution in [0.3, 0.4) is 0 Å². The van der Waals surface area contributed by atoms with Crippen LogP contribution in [0.2, 0.25) is 0 Å². The van der Waals surface area contributed by atoms with E-state index in [1.807, 2.05) is 7.05 Å². The van der Waals surface area contributed by atoms with Gasteiger partial charge < -0.3 is 5.32 Å². The number of Topliss-reactive ketones (excluding diaryl/α,β-unsaturated/α-hetero) is 1. The number of ketones is 1. The van der Waals surface area contributed by atoms with Crippen molar-refractivity contribution in [3.8, 4) is 0 Å². The van der Waals surface area contributed by atoms with E-state index in [1.165, 1.54) is 0 Å². The Labute approximate surface area is 109 Å². The summed E-state index contributed by atoms with van der Waals surface area (Å²) < 4.78 is 0. The molecule has 3 nitrogen and oxygen atoms in total. The Hall–Kier alpha value is -0.640. The Balaban J connectivity index is 0. The monoisotopic (exact) mass is 264 g/mol. The highest BCUT2D eigenvalue weighted by atomic mass is 35.5. The molecule has 0 radical (unpaired) electrons. The number of carbonyl (C=O) groups excluding carboxylic acids is 1. The van der Waals surface area contributed by atoms with Gasteiger partial charge in [0.25, 0.3) is 0 Å². The van der Waals surface area contributed by atoms with Gasteiger partial charge in [-0.1, -0.05) is 0 Å². The van der Waals surface area contributed by atoms with Crippen LogP contribution in [0, 0.1) is 0 Å². The lowest BCUT2D eigenvalue weighted by molar-refractivity contribution is 0.0976. The second-order valence-electron chi connectivity index (χ2n) is 3.39. The van der Waals surface area contributed by atoms with Crippen LogP contribution in [0.5, 0.6) is 0 Å². The molecule has 0 aliphatic rings. The summed E-state index contributed by atoms with van der Waals surface area (Å²) in [6.07, 6.45) is 4.73. The normalized spacial score (nSPS) is 10.9. The summed E-state index contributed by atoms with van der Waals surface area (Å²) in [7, 11) is 1.90. The standard InChI is InChI=1S/C11H16N2O.2ClH/c1-9(12-2)5-6-11(14)10-4-3-7-13-8-10;;/h3-4,7-9,12H,5-6H2,1-2H3;2*1H. The first-order valence-corrected chi connectivity index (χ1v) is 4.84. The Bertz CT molecular complexity index is 293. The van der Waals surface area contributed by atoms with Crippen LogP contribution in [0.15, 0.2) is 24.5 Å². The molecule has 1 aromatic heterocycles. The van der Waals surface area contributed by atoms with Crippen molar-refractivity contribution in [3.63, 3.8) is 0 Å². The van der Waals surface area contributed by atoms with E-state index >= 15 is 0 Å². The van der Waals surface area contributed by atoms with E-state index in [1.54, 1.807) is 24.5 Å². The van der Waals surface area contributed by atoms with Crippen LogP contribution < -0.4 is 5.32 Å². The average molecular weight is 265 g/mol. The van der Waals surface area contributed by atoms with Crippen LogP contribution in [-0.4, -0.2) is 23.9 Å². The van der Waals surface area contributed by atoms with Gasteiger partial charge in [0.1, 0.15) is 0 Å². The molecule has 0 aromatic carbocycles. The van der Waals surface area contributed by atoms with Crippen molar-refractivity contribution in [3.05, 3.63) is 30.1 Å². The second kappa shape index (κ2) is 9.58. The van der Waals surface area contributed by atoms with Gasteiger partial charge in [-0.25, -0.2) is 0 Å². The third kappa shape index (κ3) is 6.05. The van der Waals surface area contributed by atoms with Gasteiger partial charge in [-0.15, -0.1) is 24.8 Å². The first kappa shape index (κ1) is 17.7. The van der Waals surface area contributed by atoms with Gasteiger partial charge in [-0.2, -0.15) is 0 Å². The summed E-state index contributed by atoms with van der Waals surface area (Å²) in [5, 5.41) is 3.10. The van der Waals surface area contributed by atoms with Crippen LogP contribution in [0.4, 0.5) is 0 Å².